The summed E-state index contributed by atoms with van der Waals surface area (Å²) in [6.45, 7) is 1.85. The van der Waals surface area contributed by atoms with Crippen LogP contribution >= 0.6 is 0 Å². The monoisotopic (exact) mass is 261 g/mol. The lowest BCUT2D eigenvalue weighted by Crippen LogP contribution is -2.08. The van der Waals surface area contributed by atoms with E-state index in [-0.39, 0.29) is 12.2 Å². The maximum Gasteiger partial charge on any atom is 0.169 e. The van der Waals surface area contributed by atoms with Crippen LogP contribution in [0.25, 0.3) is 0 Å². The van der Waals surface area contributed by atoms with Gasteiger partial charge in [0.05, 0.1) is 0 Å². The molecule has 0 saturated carbocycles. The number of nitrogen functional groups attached to an aromatic ring is 1. The first-order valence-corrected chi connectivity index (χ1v) is 5.80. The Morgan fingerprint density at radius 2 is 1.74 bits per heavy atom. The molecule has 0 amide bonds. The van der Waals surface area contributed by atoms with E-state index in [4.69, 9.17) is 5.73 Å². The summed E-state index contributed by atoms with van der Waals surface area (Å²) in [5.74, 6) is -1.65. The standard InChI is InChI=1S/C15H13F2NO/c1-9-2-3-14(18)13(4-9)15(19)7-10-5-11(16)8-12(17)6-10/h2-6,8H,7,18H2,1H3. The molecule has 0 saturated heterocycles. The Bertz CT molecular complexity index is 618. The van der Waals surface area contributed by atoms with Crippen molar-refractivity contribution in [3.8, 4) is 0 Å². The molecule has 19 heavy (non-hydrogen) atoms. The van der Waals surface area contributed by atoms with E-state index in [2.05, 4.69) is 0 Å². The molecule has 0 atom stereocenters. The van der Waals surface area contributed by atoms with Gasteiger partial charge < -0.3 is 5.73 Å². The minimum atomic E-state index is -0.694. The lowest BCUT2D eigenvalue weighted by molar-refractivity contribution is 0.0993. The van der Waals surface area contributed by atoms with Gasteiger partial charge in [-0.3, -0.25) is 4.79 Å². The molecule has 2 aromatic rings. The van der Waals surface area contributed by atoms with Gasteiger partial charge in [0.1, 0.15) is 11.6 Å². The lowest BCUT2D eigenvalue weighted by atomic mass is 10.00. The largest absolute Gasteiger partial charge is 0.398 e. The molecular weight excluding hydrogens is 248 g/mol. The van der Waals surface area contributed by atoms with Crippen molar-refractivity contribution in [2.45, 2.75) is 13.3 Å². The summed E-state index contributed by atoms with van der Waals surface area (Å²) < 4.78 is 26.1. The highest BCUT2D eigenvalue weighted by atomic mass is 19.1. The molecule has 0 aliphatic rings. The summed E-state index contributed by atoms with van der Waals surface area (Å²) in [7, 11) is 0. The van der Waals surface area contributed by atoms with Crippen molar-refractivity contribution in [1.82, 2.24) is 0 Å². The molecule has 0 aliphatic carbocycles. The van der Waals surface area contributed by atoms with E-state index in [0.717, 1.165) is 23.8 Å². The summed E-state index contributed by atoms with van der Waals surface area (Å²) in [4.78, 5) is 12.1. The molecular formula is C15H13F2NO. The molecule has 0 fully saturated rings. The first kappa shape index (κ1) is 13.2. The number of rotatable bonds is 3. The molecule has 0 aliphatic heterocycles. The van der Waals surface area contributed by atoms with E-state index in [0.29, 0.717) is 16.8 Å². The Hall–Kier alpha value is -2.23. The third kappa shape index (κ3) is 3.16. The Balaban J connectivity index is 2.28. The highest BCUT2D eigenvalue weighted by molar-refractivity contribution is 6.02. The predicted molar refractivity (Wildman–Crippen MR) is 70.0 cm³/mol. The van der Waals surface area contributed by atoms with E-state index in [9.17, 15) is 13.6 Å². The second-order valence-electron chi connectivity index (χ2n) is 4.47. The molecule has 0 aromatic heterocycles. The smallest absolute Gasteiger partial charge is 0.169 e. The van der Waals surface area contributed by atoms with Crippen LogP contribution in [0.4, 0.5) is 14.5 Å². The number of ketones is 1. The topological polar surface area (TPSA) is 43.1 Å². The van der Waals surface area contributed by atoms with Crippen LogP contribution in [0.15, 0.2) is 36.4 Å². The van der Waals surface area contributed by atoms with Crippen LogP contribution in [0.2, 0.25) is 0 Å². The molecule has 4 heteroatoms. The molecule has 0 unspecified atom stereocenters. The van der Waals surface area contributed by atoms with Gasteiger partial charge >= 0.3 is 0 Å². The van der Waals surface area contributed by atoms with Gasteiger partial charge in [-0.1, -0.05) is 11.6 Å². The zero-order chi connectivity index (χ0) is 14.0. The number of aryl methyl sites for hydroxylation is 1. The first-order chi connectivity index (χ1) is 8.95. The quantitative estimate of drug-likeness (QED) is 0.680. The third-order valence-electron chi connectivity index (χ3n) is 2.80. The fourth-order valence-corrected chi connectivity index (χ4v) is 1.91. The van der Waals surface area contributed by atoms with Gasteiger partial charge in [0, 0.05) is 23.7 Å². The minimum Gasteiger partial charge on any atom is -0.398 e. The van der Waals surface area contributed by atoms with Crippen molar-refractivity contribution in [3.05, 3.63) is 64.7 Å². The van der Waals surface area contributed by atoms with Crippen LogP contribution in [0.3, 0.4) is 0 Å². The van der Waals surface area contributed by atoms with Crippen molar-refractivity contribution >= 4 is 11.5 Å². The van der Waals surface area contributed by atoms with Crippen molar-refractivity contribution in [1.29, 1.82) is 0 Å². The highest BCUT2D eigenvalue weighted by Crippen LogP contribution is 2.17. The normalized spacial score (nSPS) is 10.5. The van der Waals surface area contributed by atoms with Crippen molar-refractivity contribution in [2.75, 3.05) is 5.73 Å². The van der Waals surface area contributed by atoms with Crippen molar-refractivity contribution in [2.24, 2.45) is 0 Å². The van der Waals surface area contributed by atoms with Crippen LogP contribution < -0.4 is 5.73 Å². The van der Waals surface area contributed by atoms with E-state index >= 15 is 0 Å². The molecule has 2 rings (SSSR count). The fraction of sp³-hybridized carbons (Fsp3) is 0.133. The Morgan fingerprint density at radius 3 is 2.37 bits per heavy atom. The zero-order valence-corrected chi connectivity index (χ0v) is 10.4. The first-order valence-electron chi connectivity index (χ1n) is 5.80. The van der Waals surface area contributed by atoms with Gasteiger partial charge in [0.15, 0.2) is 5.78 Å². The second-order valence-corrected chi connectivity index (χ2v) is 4.47. The van der Waals surface area contributed by atoms with Crippen molar-refractivity contribution in [3.63, 3.8) is 0 Å². The molecule has 0 heterocycles. The number of anilines is 1. The minimum absolute atomic E-state index is 0.0810. The summed E-state index contributed by atoms with van der Waals surface area (Å²) in [6, 6.07) is 8.19. The van der Waals surface area contributed by atoms with E-state index in [1.165, 1.54) is 0 Å². The van der Waals surface area contributed by atoms with Crippen LogP contribution in [0.5, 0.6) is 0 Å². The summed E-state index contributed by atoms with van der Waals surface area (Å²) in [5.41, 5.74) is 7.68. The highest BCUT2D eigenvalue weighted by Gasteiger charge is 2.12. The molecule has 0 radical (unpaired) electrons. The maximum atomic E-state index is 13.0. The van der Waals surface area contributed by atoms with Gasteiger partial charge in [-0.05, 0) is 36.8 Å². The molecule has 98 valence electrons. The molecule has 2 N–H and O–H groups in total. The number of halogens is 2. The van der Waals surface area contributed by atoms with Crippen LogP contribution in [0, 0.1) is 18.6 Å². The van der Waals surface area contributed by atoms with Gasteiger partial charge in [0.25, 0.3) is 0 Å². The van der Waals surface area contributed by atoms with Crippen LogP contribution in [-0.4, -0.2) is 5.78 Å². The average molecular weight is 261 g/mol. The Morgan fingerprint density at radius 1 is 1.11 bits per heavy atom. The van der Waals surface area contributed by atoms with Gasteiger partial charge in [-0.2, -0.15) is 0 Å². The van der Waals surface area contributed by atoms with Gasteiger partial charge in [0.2, 0.25) is 0 Å². The third-order valence-corrected chi connectivity index (χ3v) is 2.80. The summed E-state index contributed by atoms with van der Waals surface area (Å²) in [6.07, 6.45) is -0.0810. The average Bonchev–Trinajstić information content (AvgIpc) is 2.30. The maximum absolute atomic E-state index is 13.0. The van der Waals surface area contributed by atoms with Gasteiger partial charge in [-0.15, -0.1) is 0 Å². The SMILES string of the molecule is Cc1ccc(N)c(C(=O)Cc2cc(F)cc(F)c2)c1. The predicted octanol–water partition coefficient (Wildman–Crippen LogP) is 3.28. The number of hydrogen-bond acceptors (Lipinski definition) is 2. The molecule has 0 bridgehead atoms. The number of benzene rings is 2. The summed E-state index contributed by atoms with van der Waals surface area (Å²) in [5, 5.41) is 0. The fourth-order valence-electron chi connectivity index (χ4n) is 1.91. The molecule has 0 spiro atoms. The van der Waals surface area contributed by atoms with E-state index in [1.54, 1.807) is 18.2 Å². The second kappa shape index (κ2) is 5.18. The number of carbonyl (C=O) groups is 1. The van der Waals surface area contributed by atoms with Gasteiger partial charge in [-0.25, -0.2) is 8.78 Å². The summed E-state index contributed by atoms with van der Waals surface area (Å²) >= 11 is 0. The van der Waals surface area contributed by atoms with E-state index < -0.39 is 11.6 Å². The number of carbonyl (C=O) groups excluding carboxylic acids is 1. The molecule has 2 nitrogen and oxygen atoms in total. The van der Waals surface area contributed by atoms with E-state index in [1.807, 2.05) is 6.92 Å². The van der Waals surface area contributed by atoms with Crippen molar-refractivity contribution < 1.29 is 13.6 Å². The zero-order valence-electron chi connectivity index (χ0n) is 10.4. The molecule has 2 aromatic carbocycles. The van der Waals surface area contributed by atoms with Crippen LogP contribution in [-0.2, 0) is 6.42 Å². The van der Waals surface area contributed by atoms with Crippen LogP contribution in [0.1, 0.15) is 21.5 Å². The Kier molecular flexibility index (Phi) is 3.60. The number of hydrogen-bond donors (Lipinski definition) is 1. The Labute approximate surface area is 109 Å². The lowest BCUT2D eigenvalue weighted by Gasteiger charge is -2.06. The number of nitrogens with two attached hydrogens (primary N) is 1. The number of Topliss-reactive ketones (excluding diaryl/α,β-unsaturated/α-hetero) is 1.